The van der Waals surface area contributed by atoms with E-state index in [4.69, 9.17) is 5.11 Å². The zero-order valence-electron chi connectivity index (χ0n) is 10.6. The molecule has 4 heteroatoms. The monoisotopic (exact) mass is 284 g/mol. The van der Waals surface area contributed by atoms with Crippen LogP contribution in [0.4, 0.5) is 0 Å². The summed E-state index contributed by atoms with van der Waals surface area (Å²) in [5.41, 5.74) is 3.03. The van der Waals surface area contributed by atoms with Crippen molar-refractivity contribution in [3.05, 3.63) is 64.7 Å². The first-order chi connectivity index (χ1) is 9.66. The predicted molar refractivity (Wildman–Crippen MR) is 77.2 cm³/mol. The van der Waals surface area contributed by atoms with Gasteiger partial charge >= 0.3 is 5.97 Å². The molecule has 2 aromatic carbocycles. The fourth-order valence-corrected chi connectivity index (χ4v) is 3.59. The standard InChI is InChI=1S/C16H12O3S/c17-14(18)8-10-5-3-7-13-15(19)12-6-2-1-4-11(12)9-20-16(10)13/h1-7H,8-9H2,(H,17,18). The van der Waals surface area contributed by atoms with Crippen LogP contribution in [0, 0.1) is 0 Å². The smallest absolute Gasteiger partial charge is 0.307 e. The summed E-state index contributed by atoms with van der Waals surface area (Å²) >= 11 is 1.54. The molecule has 0 atom stereocenters. The van der Waals surface area contributed by atoms with Gasteiger partial charge in [-0.05, 0) is 17.2 Å². The number of benzene rings is 2. The van der Waals surface area contributed by atoms with Gasteiger partial charge in [-0.1, -0.05) is 36.4 Å². The third kappa shape index (κ3) is 2.23. The quantitative estimate of drug-likeness (QED) is 0.920. The van der Waals surface area contributed by atoms with E-state index in [1.165, 1.54) is 0 Å². The molecule has 0 radical (unpaired) electrons. The molecule has 100 valence electrons. The molecular formula is C16H12O3S. The van der Waals surface area contributed by atoms with Crippen molar-refractivity contribution in [1.82, 2.24) is 0 Å². The highest BCUT2D eigenvalue weighted by molar-refractivity contribution is 7.98. The lowest BCUT2D eigenvalue weighted by Gasteiger charge is -2.09. The van der Waals surface area contributed by atoms with Crippen LogP contribution < -0.4 is 0 Å². The Kier molecular flexibility index (Phi) is 3.32. The molecule has 0 spiro atoms. The number of hydrogen-bond donors (Lipinski definition) is 1. The molecule has 3 nitrogen and oxygen atoms in total. The average molecular weight is 284 g/mol. The summed E-state index contributed by atoms with van der Waals surface area (Å²) in [5, 5.41) is 8.98. The third-order valence-electron chi connectivity index (χ3n) is 3.32. The second-order valence-electron chi connectivity index (χ2n) is 4.64. The van der Waals surface area contributed by atoms with Crippen molar-refractivity contribution < 1.29 is 14.7 Å². The predicted octanol–water partition coefficient (Wildman–Crippen LogP) is 3.15. The van der Waals surface area contributed by atoms with Crippen molar-refractivity contribution in [2.45, 2.75) is 17.1 Å². The van der Waals surface area contributed by atoms with E-state index in [1.807, 2.05) is 24.3 Å². The summed E-state index contributed by atoms with van der Waals surface area (Å²) in [4.78, 5) is 24.4. The summed E-state index contributed by atoms with van der Waals surface area (Å²) < 4.78 is 0. The Labute approximate surface area is 120 Å². The highest BCUT2D eigenvalue weighted by Gasteiger charge is 2.23. The summed E-state index contributed by atoms with van der Waals surface area (Å²) in [5.74, 6) is -0.216. The second-order valence-corrected chi connectivity index (χ2v) is 5.62. The highest BCUT2D eigenvalue weighted by Crippen LogP contribution is 2.36. The van der Waals surface area contributed by atoms with Crippen molar-refractivity contribution in [2.75, 3.05) is 0 Å². The second kappa shape index (κ2) is 5.13. The number of carbonyl (C=O) groups is 2. The molecule has 0 unspecified atom stereocenters. The first-order valence-corrected chi connectivity index (χ1v) is 7.24. The Balaban J connectivity index is 2.13. The van der Waals surface area contributed by atoms with Crippen LogP contribution in [0.3, 0.4) is 0 Å². The van der Waals surface area contributed by atoms with Crippen LogP contribution in [0.15, 0.2) is 47.4 Å². The molecule has 0 saturated heterocycles. The van der Waals surface area contributed by atoms with Gasteiger partial charge < -0.3 is 5.11 Å². The Morgan fingerprint density at radius 3 is 2.65 bits per heavy atom. The van der Waals surface area contributed by atoms with Crippen LogP contribution in [-0.2, 0) is 17.0 Å². The molecule has 3 rings (SSSR count). The van der Waals surface area contributed by atoms with E-state index in [1.54, 1.807) is 30.0 Å². The van der Waals surface area contributed by atoms with Gasteiger partial charge in [-0.25, -0.2) is 0 Å². The van der Waals surface area contributed by atoms with Crippen molar-refractivity contribution in [1.29, 1.82) is 0 Å². The lowest BCUT2D eigenvalue weighted by atomic mass is 9.97. The molecule has 20 heavy (non-hydrogen) atoms. The lowest BCUT2D eigenvalue weighted by Crippen LogP contribution is -2.07. The summed E-state index contributed by atoms with van der Waals surface area (Å²) in [6, 6.07) is 12.9. The van der Waals surface area contributed by atoms with E-state index in [0.29, 0.717) is 22.4 Å². The normalized spacial score (nSPS) is 13.3. The van der Waals surface area contributed by atoms with Gasteiger partial charge in [0.05, 0.1) is 6.42 Å². The van der Waals surface area contributed by atoms with E-state index in [-0.39, 0.29) is 12.2 Å². The number of carboxylic acid groups (broad SMARTS) is 1. The summed E-state index contributed by atoms with van der Waals surface area (Å²) in [7, 11) is 0. The van der Waals surface area contributed by atoms with E-state index in [0.717, 1.165) is 10.5 Å². The Morgan fingerprint density at radius 2 is 1.85 bits per heavy atom. The fourth-order valence-electron chi connectivity index (χ4n) is 2.40. The highest BCUT2D eigenvalue weighted by atomic mass is 32.2. The van der Waals surface area contributed by atoms with Crippen LogP contribution in [0.5, 0.6) is 0 Å². The maximum atomic E-state index is 12.6. The first-order valence-electron chi connectivity index (χ1n) is 6.26. The summed E-state index contributed by atoms with van der Waals surface area (Å²) in [6.07, 6.45) is -0.0558. The minimum absolute atomic E-state index is 0.0205. The number of fused-ring (bicyclic) bond motifs is 2. The molecule has 1 heterocycles. The number of ketones is 1. The van der Waals surface area contributed by atoms with Crippen LogP contribution in [0.2, 0.25) is 0 Å². The van der Waals surface area contributed by atoms with Gasteiger partial charge in [-0.3, -0.25) is 9.59 Å². The zero-order chi connectivity index (χ0) is 14.1. The van der Waals surface area contributed by atoms with Gasteiger partial charge in [0.2, 0.25) is 0 Å². The fraction of sp³-hybridized carbons (Fsp3) is 0.125. The number of carbonyl (C=O) groups excluding carboxylic acids is 1. The number of aliphatic carboxylic acids is 1. The molecule has 1 aliphatic heterocycles. The Hall–Kier alpha value is -2.07. The van der Waals surface area contributed by atoms with Crippen LogP contribution in [-0.4, -0.2) is 16.9 Å². The molecule has 0 saturated carbocycles. The number of carboxylic acids is 1. The maximum absolute atomic E-state index is 12.6. The lowest BCUT2D eigenvalue weighted by molar-refractivity contribution is -0.136. The minimum Gasteiger partial charge on any atom is -0.481 e. The number of rotatable bonds is 2. The molecule has 2 aromatic rings. The van der Waals surface area contributed by atoms with Gasteiger partial charge in [-0.15, -0.1) is 11.8 Å². The molecule has 0 aromatic heterocycles. The van der Waals surface area contributed by atoms with E-state index in [9.17, 15) is 9.59 Å². The van der Waals surface area contributed by atoms with Crippen LogP contribution in [0.1, 0.15) is 27.0 Å². The number of hydrogen-bond acceptors (Lipinski definition) is 3. The Morgan fingerprint density at radius 1 is 1.10 bits per heavy atom. The third-order valence-corrected chi connectivity index (χ3v) is 4.54. The van der Waals surface area contributed by atoms with Crippen molar-refractivity contribution in [2.24, 2.45) is 0 Å². The topological polar surface area (TPSA) is 54.4 Å². The van der Waals surface area contributed by atoms with Crippen molar-refractivity contribution >= 4 is 23.5 Å². The van der Waals surface area contributed by atoms with Gasteiger partial charge in [0, 0.05) is 21.8 Å². The number of thioether (sulfide) groups is 1. The van der Waals surface area contributed by atoms with E-state index < -0.39 is 5.97 Å². The molecule has 0 fully saturated rings. The van der Waals surface area contributed by atoms with Crippen molar-refractivity contribution in [3.8, 4) is 0 Å². The Bertz CT molecular complexity index is 707. The average Bonchev–Trinajstić information content (AvgIpc) is 2.58. The largest absolute Gasteiger partial charge is 0.481 e. The molecular weight excluding hydrogens is 272 g/mol. The maximum Gasteiger partial charge on any atom is 0.307 e. The minimum atomic E-state index is -0.881. The van der Waals surface area contributed by atoms with Crippen LogP contribution >= 0.6 is 11.8 Å². The van der Waals surface area contributed by atoms with Crippen molar-refractivity contribution in [3.63, 3.8) is 0 Å². The first kappa shape index (κ1) is 12.9. The van der Waals surface area contributed by atoms with Gasteiger partial charge in [-0.2, -0.15) is 0 Å². The molecule has 1 N–H and O–H groups in total. The van der Waals surface area contributed by atoms with E-state index in [2.05, 4.69) is 0 Å². The zero-order valence-corrected chi connectivity index (χ0v) is 11.4. The van der Waals surface area contributed by atoms with Gasteiger partial charge in [0.15, 0.2) is 5.78 Å². The molecule has 0 bridgehead atoms. The molecule has 1 aliphatic rings. The van der Waals surface area contributed by atoms with E-state index >= 15 is 0 Å². The molecule has 0 aliphatic carbocycles. The summed E-state index contributed by atoms with van der Waals surface area (Å²) in [6.45, 7) is 0. The molecule has 0 amide bonds. The van der Waals surface area contributed by atoms with Gasteiger partial charge in [0.25, 0.3) is 0 Å². The SMILES string of the molecule is O=C(O)Cc1cccc2c1SCc1ccccc1C2=O. The van der Waals surface area contributed by atoms with Gasteiger partial charge in [0.1, 0.15) is 0 Å². The van der Waals surface area contributed by atoms with Crippen LogP contribution in [0.25, 0.3) is 0 Å².